The topological polar surface area (TPSA) is 76.4 Å². The molecule has 0 fully saturated rings. The first kappa shape index (κ1) is 18.1. The third kappa shape index (κ3) is 4.61. The van der Waals surface area contributed by atoms with Gasteiger partial charge >= 0.3 is 0 Å². The maximum Gasteiger partial charge on any atom is 0.266 e. The van der Waals surface area contributed by atoms with Crippen molar-refractivity contribution in [3.8, 4) is 11.8 Å². The first-order chi connectivity index (χ1) is 12.1. The Kier molecular flexibility index (Phi) is 6.19. The molecule has 0 saturated heterocycles. The molecule has 2 aromatic carbocycles. The Hall–Kier alpha value is -3.26. The molecule has 2 aromatic rings. The second kappa shape index (κ2) is 8.55. The minimum Gasteiger partial charge on any atom is -0.507 e. The van der Waals surface area contributed by atoms with Crippen molar-refractivity contribution in [3.63, 3.8) is 0 Å². The van der Waals surface area contributed by atoms with Gasteiger partial charge in [0.1, 0.15) is 17.4 Å². The van der Waals surface area contributed by atoms with Gasteiger partial charge in [-0.2, -0.15) is 5.26 Å². The van der Waals surface area contributed by atoms with Crippen LogP contribution in [0, 0.1) is 11.3 Å². The molecule has 0 spiro atoms. The van der Waals surface area contributed by atoms with Crippen molar-refractivity contribution in [1.29, 1.82) is 5.26 Å². The van der Waals surface area contributed by atoms with Crippen LogP contribution in [0.4, 0.5) is 11.4 Å². The number of rotatable bonds is 6. The van der Waals surface area contributed by atoms with Gasteiger partial charge in [-0.1, -0.05) is 18.2 Å². The molecule has 0 radical (unpaired) electrons. The third-order valence-corrected chi connectivity index (χ3v) is 3.84. The average Bonchev–Trinajstić information content (AvgIpc) is 2.63. The second-order valence-electron chi connectivity index (χ2n) is 5.41. The number of anilines is 2. The molecule has 2 rings (SSSR count). The van der Waals surface area contributed by atoms with E-state index in [1.165, 1.54) is 6.08 Å². The van der Waals surface area contributed by atoms with Crippen LogP contribution in [0.1, 0.15) is 19.4 Å². The van der Waals surface area contributed by atoms with Crippen molar-refractivity contribution in [3.05, 3.63) is 59.7 Å². The molecule has 0 saturated carbocycles. The fourth-order valence-electron chi connectivity index (χ4n) is 2.46. The van der Waals surface area contributed by atoms with Gasteiger partial charge in [-0.05, 0) is 44.2 Å². The summed E-state index contributed by atoms with van der Waals surface area (Å²) in [6, 6.07) is 16.0. The molecule has 1 amide bonds. The number of amides is 1. The van der Waals surface area contributed by atoms with Gasteiger partial charge in [-0.15, -0.1) is 0 Å². The molecule has 0 aliphatic carbocycles. The van der Waals surface area contributed by atoms with Gasteiger partial charge in [-0.25, -0.2) is 0 Å². The lowest BCUT2D eigenvalue weighted by Crippen LogP contribution is -2.21. The Morgan fingerprint density at radius 3 is 2.44 bits per heavy atom. The number of nitrogens with one attached hydrogen (secondary N) is 1. The van der Waals surface area contributed by atoms with Gasteiger partial charge in [0.25, 0.3) is 5.91 Å². The Balaban J connectivity index is 2.24. The Bertz CT molecular complexity index is 803. The van der Waals surface area contributed by atoms with Crippen LogP contribution in [-0.2, 0) is 4.79 Å². The van der Waals surface area contributed by atoms with E-state index in [1.807, 2.05) is 32.0 Å². The minimum atomic E-state index is -0.513. The number of para-hydroxylation sites is 1. The molecule has 0 aliphatic rings. The van der Waals surface area contributed by atoms with Crippen LogP contribution < -0.4 is 10.2 Å². The van der Waals surface area contributed by atoms with E-state index in [1.54, 1.807) is 36.4 Å². The van der Waals surface area contributed by atoms with Crippen LogP contribution in [0.25, 0.3) is 6.08 Å². The number of benzene rings is 2. The molecule has 128 valence electrons. The molecular formula is C20H21N3O2. The van der Waals surface area contributed by atoms with Crippen molar-refractivity contribution in [2.45, 2.75) is 13.8 Å². The van der Waals surface area contributed by atoms with Gasteiger partial charge in [0, 0.05) is 36.1 Å². The molecule has 0 atom stereocenters. The van der Waals surface area contributed by atoms with Gasteiger partial charge < -0.3 is 15.3 Å². The summed E-state index contributed by atoms with van der Waals surface area (Å²) in [5, 5.41) is 22.2. The van der Waals surface area contributed by atoms with Crippen molar-refractivity contribution in [1.82, 2.24) is 0 Å². The van der Waals surface area contributed by atoms with Gasteiger partial charge in [-0.3, -0.25) is 4.79 Å². The molecule has 0 bridgehead atoms. The van der Waals surface area contributed by atoms with Crippen molar-refractivity contribution < 1.29 is 9.90 Å². The highest BCUT2D eigenvalue weighted by atomic mass is 16.3. The lowest BCUT2D eigenvalue weighted by molar-refractivity contribution is -0.112. The lowest BCUT2D eigenvalue weighted by atomic mass is 10.1. The molecule has 0 heterocycles. The second-order valence-corrected chi connectivity index (χ2v) is 5.41. The van der Waals surface area contributed by atoms with Gasteiger partial charge in [0.15, 0.2) is 0 Å². The monoisotopic (exact) mass is 335 g/mol. The van der Waals surface area contributed by atoms with Crippen LogP contribution in [0.5, 0.6) is 5.75 Å². The number of nitriles is 1. The molecule has 5 heteroatoms. The Morgan fingerprint density at radius 2 is 1.88 bits per heavy atom. The highest BCUT2D eigenvalue weighted by Crippen LogP contribution is 2.26. The van der Waals surface area contributed by atoms with E-state index in [-0.39, 0.29) is 11.3 Å². The van der Waals surface area contributed by atoms with Gasteiger partial charge in [0.2, 0.25) is 0 Å². The maximum absolute atomic E-state index is 12.2. The van der Waals surface area contributed by atoms with Crippen LogP contribution in [0.2, 0.25) is 0 Å². The summed E-state index contributed by atoms with van der Waals surface area (Å²) in [6.45, 7) is 5.73. The average molecular weight is 335 g/mol. The lowest BCUT2D eigenvalue weighted by Gasteiger charge is -2.21. The number of carbonyl (C=O) groups excluding carboxylic acids is 1. The smallest absolute Gasteiger partial charge is 0.266 e. The maximum atomic E-state index is 12.2. The molecule has 0 aliphatic heterocycles. The quantitative estimate of drug-likeness (QED) is 0.622. The van der Waals surface area contributed by atoms with Crippen LogP contribution >= 0.6 is 0 Å². The van der Waals surface area contributed by atoms with E-state index in [2.05, 4.69) is 10.2 Å². The van der Waals surface area contributed by atoms with Crippen LogP contribution in [0.3, 0.4) is 0 Å². The van der Waals surface area contributed by atoms with E-state index in [9.17, 15) is 15.2 Å². The van der Waals surface area contributed by atoms with Crippen molar-refractivity contribution >= 4 is 23.4 Å². The SMILES string of the molecule is CCN(CC)c1ccc(/C=C(/C#N)C(=O)Nc2ccccc2)c(O)c1. The normalized spacial score (nSPS) is 10.8. The number of hydrogen-bond acceptors (Lipinski definition) is 4. The number of carbonyl (C=O) groups is 1. The first-order valence-electron chi connectivity index (χ1n) is 8.15. The number of nitrogens with zero attached hydrogens (tertiary/aromatic N) is 2. The summed E-state index contributed by atoms with van der Waals surface area (Å²) >= 11 is 0. The zero-order chi connectivity index (χ0) is 18.2. The summed E-state index contributed by atoms with van der Waals surface area (Å²) in [5.41, 5.74) is 1.85. The Labute approximate surface area is 147 Å². The minimum absolute atomic E-state index is 0.0321. The fraction of sp³-hybridized carbons (Fsp3) is 0.200. The summed E-state index contributed by atoms with van der Waals surface area (Å²) in [5.74, 6) is -0.481. The van der Waals surface area contributed by atoms with E-state index < -0.39 is 5.91 Å². The van der Waals surface area contributed by atoms with E-state index in [0.717, 1.165) is 18.8 Å². The van der Waals surface area contributed by atoms with Crippen LogP contribution in [0.15, 0.2) is 54.1 Å². The van der Waals surface area contributed by atoms with E-state index in [4.69, 9.17) is 0 Å². The third-order valence-electron chi connectivity index (χ3n) is 3.84. The number of phenols is 1. The number of hydrogen-bond donors (Lipinski definition) is 2. The zero-order valence-electron chi connectivity index (χ0n) is 14.4. The molecule has 2 N–H and O–H groups in total. The van der Waals surface area contributed by atoms with E-state index >= 15 is 0 Å². The van der Waals surface area contributed by atoms with Crippen LogP contribution in [-0.4, -0.2) is 24.1 Å². The molecule has 5 nitrogen and oxygen atoms in total. The molecule has 25 heavy (non-hydrogen) atoms. The predicted octanol–water partition coefficient (Wildman–Crippen LogP) is 3.78. The molecule has 0 unspecified atom stereocenters. The number of aromatic hydroxyl groups is 1. The molecule has 0 aromatic heterocycles. The van der Waals surface area contributed by atoms with E-state index in [0.29, 0.717) is 11.3 Å². The predicted molar refractivity (Wildman–Crippen MR) is 100 cm³/mol. The highest BCUT2D eigenvalue weighted by molar-refractivity contribution is 6.09. The van der Waals surface area contributed by atoms with Gasteiger partial charge in [0.05, 0.1) is 0 Å². The summed E-state index contributed by atoms with van der Waals surface area (Å²) < 4.78 is 0. The number of phenolic OH excluding ortho intramolecular Hbond substituents is 1. The largest absolute Gasteiger partial charge is 0.507 e. The molecular weight excluding hydrogens is 314 g/mol. The Morgan fingerprint density at radius 1 is 1.20 bits per heavy atom. The highest BCUT2D eigenvalue weighted by Gasteiger charge is 2.12. The standard InChI is InChI=1S/C20H21N3O2/c1-3-23(4-2)18-11-10-15(19(24)13-18)12-16(14-21)20(25)22-17-8-6-5-7-9-17/h5-13,24H,3-4H2,1-2H3,(H,22,25)/b16-12-. The van der Waals surface area contributed by atoms with Crippen molar-refractivity contribution in [2.24, 2.45) is 0 Å². The summed E-state index contributed by atoms with van der Waals surface area (Å²) in [4.78, 5) is 14.3. The summed E-state index contributed by atoms with van der Waals surface area (Å²) in [7, 11) is 0. The zero-order valence-corrected chi connectivity index (χ0v) is 14.4. The fourth-order valence-corrected chi connectivity index (χ4v) is 2.46. The first-order valence-corrected chi connectivity index (χ1v) is 8.15. The van der Waals surface area contributed by atoms with Crippen molar-refractivity contribution in [2.75, 3.05) is 23.3 Å². The summed E-state index contributed by atoms with van der Waals surface area (Å²) in [6.07, 6.45) is 1.39.